The van der Waals surface area contributed by atoms with Gasteiger partial charge in [0, 0.05) is 17.5 Å². The second kappa shape index (κ2) is 8.11. The molecule has 1 aromatic rings. The number of para-hydroxylation sites is 1. The van der Waals surface area contributed by atoms with Gasteiger partial charge < -0.3 is 9.47 Å². The number of ether oxygens (including phenoxy) is 2. The van der Waals surface area contributed by atoms with Crippen molar-refractivity contribution < 1.29 is 9.47 Å². The molecule has 1 aromatic carbocycles. The second-order valence-electron chi connectivity index (χ2n) is 4.18. The lowest BCUT2D eigenvalue weighted by atomic mass is 10.2. The van der Waals surface area contributed by atoms with Crippen molar-refractivity contribution in [2.24, 2.45) is 5.92 Å². The number of rotatable bonds is 7. The highest BCUT2D eigenvalue weighted by molar-refractivity contribution is 9.10. The van der Waals surface area contributed by atoms with Crippen LogP contribution in [0.15, 0.2) is 22.7 Å². The van der Waals surface area contributed by atoms with Crippen LogP contribution >= 0.6 is 31.9 Å². The predicted octanol–water partition coefficient (Wildman–Crippen LogP) is 4.40. The van der Waals surface area contributed by atoms with Gasteiger partial charge in [-0.2, -0.15) is 0 Å². The van der Waals surface area contributed by atoms with Crippen molar-refractivity contribution in [3.8, 4) is 5.75 Å². The van der Waals surface area contributed by atoms with Crippen molar-refractivity contribution in [1.82, 2.24) is 0 Å². The van der Waals surface area contributed by atoms with E-state index in [1.165, 1.54) is 0 Å². The number of halogens is 2. The maximum Gasteiger partial charge on any atom is 0.137 e. The number of benzene rings is 1. The van der Waals surface area contributed by atoms with Crippen molar-refractivity contribution >= 4 is 31.9 Å². The zero-order valence-electron chi connectivity index (χ0n) is 10.2. The molecule has 0 saturated heterocycles. The van der Waals surface area contributed by atoms with Crippen LogP contribution in [0.2, 0.25) is 0 Å². The Morgan fingerprint density at radius 1 is 1.24 bits per heavy atom. The number of hydrogen-bond acceptors (Lipinski definition) is 2. The van der Waals surface area contributed by atoms with Crippen LogP contribution < -0.4 is 4.74 Å². The van der Waals surface area contributed by atoms with Crippen LogP contribution in [0, 0.1) is 5.92 Å². The van der Waals surface area contributed by atoms with Crippen molar-refractivity contribution in [3.05, 3.63) is 28.2 Å². The molecule has 0 aliphatic carbocycles. The highest BCUT2D eigenvalue weighted by Crippen LogP contribution is 2.30. The third kappa shape index (κ3) is 5.40. The third-order valence-corrected chi connectivity index (χ3v) is 3.35. The van der Waals surface area contributed by atoms with Gasteiger partial charge in [-0.05, 0) is 27.9 Å². The molecular formula is C13H18Br2O2. The molecule has 0 fully saturated rings. The van der Waals surface area contributed by atoms with Crippen molar-refractivity contribution in [1.29, 1.82) is 0 Å². The minimum Gasteiger partial charge on any atom is -0.490 e. The van der Waals surface area contributed by atoms with Gasteiger partial charge in [-0.25, -0.2) is 0 Å². The van der Waals surface area contributed by atoms with Crippen molar-refractivity contribution in [3.63, 3.8) is 0 Å². The van der Waals surface area contributed by atoms with Crippen LogP contribution in [-0.2, 0) is 10.1 Å². The van der Waals surface area contributed by atoms with Gasteiger partial charge in [-0.1, -0.05) is 41.9 Å². The van der Waals surface area contributed by atoms with Crippen LogP contribution in [0.1, 0.15) is 19.4 Å². The average molecular weight is 366 g/mol. The van der Waals surface area contributed by atoms with E-state index < -0.39 is 0 Å². The smallest absolute Gasteiger partial charge is 0.137 e. The normalized spacial score (nSPS) is 10.9. The van der Waals surface area contributed by atoms with Gasteiger partial charge in [0.15, 0.2) is 0 Å². The Bertz CT molecular complexity index is 340. The van der Waals surface area contributed by atoms with E-state index in [1.807, 2.05) is 18.2 Å². The Balaban J connectivity index is 2.40. The first-order valence-corrected chi connectivity index (χ1v) is 7.60. The molecule has 0 unspecified atom stereocenters. The Hall–Kier alpha value is -0.0600. The predicted molar refractivity (Wildman–Crippen MR) is 77.9 cm³/mol. The van der Waals surface area contributed by atoms with Crippen LogP contribution in [0.5, 0.6) is 5.75 Å². The standard InChI is InChI=1S/C13H18Br2O2/c1-10(2)9-16-6-7-17-13-11(8-14)4-3-5-12(13)15/h3-5,10H,6-9H2,1-2H3. The fourth-order valence-corrected chi connectivity index (χ4v) is 2.31. The summed E-state index contributed by atoms with van der Waals surface area (Å²) in [6.07, 6.45) is 0. The Kier molecular flexibility index (Phi) is 7.16. The molecule has 0 radical (unpaired) electrons. The Morgan fingerprint density at radius 2 is 2.00 bits per heavy atom. The molecule has 2 nitrogen and oxygen atoms in total. The highest BCUT2D eigenvalue weighted by Gasteiger charge is 2.06. The Labute approximate surface area is 120 Å². The summed E-state index contributed by atoms with van der Waals surface area (Å²) >= 11 is 6.95. The van der Waals surface area contributed by atoms with Gasteiger partial charge >= 0.3 is 0 Å². The lowest BCUT2D eigenvalue weighted by molar-refractivity contribution is 0.0815. The Morgan fingerprint density at radius 3 is 2.65 bits per heavy atom. The molecule has 0 aromatic heterocycles. The monoisotopic (exact) mass is 364 g/mol. The molecule has 17 heavy (non-hydrogen) atoms. The molecule has 0 saturated carbocycles. The summed E-state index contributed by atoms with van der Waals surface area (Å²) in [6.45, 7) is 6.26. The lowest BCUT2D eigenvalue weighted by Gasteiger charge is -2.12. The summed E-state index contributed by atoms with van der Waals surface area (Å²) < 4.78 is 12.2. The summed E-state index contributed by atoms with van der Waals surface area (Å²) in [5.74, 6) is 1.47. The molecule has 1 rings (SSSR count). The van der Waals surface area contributed by atoms with Gasteiger partial charge in [0.2, 0.25) is 0 Å². The average Bonchev–Trinajstić information content (AvgIpc) is 2.30. The quantitative estimate of drug-likeness (QED) is 0.526. The summed E-state index contributed by atoms with van der Waals surface area (Å²) in [5, 5.41) is 0.786. The minimum atomic E-state index is 0.566. The fraction of sp³-hybridized carbons (Fsp3) is 0.538. The van der Waals surface area contributed by atoms with E-state index in [4.69, 9.17) is 9.47 Å². The molecule has 0 atom stereocenters. The molecule has 0 amide bonds. The maximum absolute atomic E-state index is 5.74. The first-order chi connectivity index (χ1) is 8.15. The van der Waals surface area contributed by atoms with Crippen LogP contribution in [-0.4, -0.2) is 19.8 Å². The van der Waals surface area contributed by atoms with Gasteiger partial charge in [0.1, 0.15) is 12.4 Å². The lowest BCUT2D eigenvalue weighted by Crippen LogP contribution is -2.11. The molecule has 0 aliphatic rings. The zero-order valence-corrected chi connectivity index (χ0v) is 13.4. The number of alkyl halides is 1. The second-order valence-corrected chi connectivity index (χ2v) is 5.59. The van der Waals surface area contributed by atoms with E-state index in [9.17, 15) is 0 Å². The highest BCUT2D eigenvalue weighted by atomic mass is 79.9. The summed E-state index contributed by atoms with van der Waals surface area (Å²) in [5.41, 5.74) is 1.14. The molecule has 0 aliphatic heterocycles. The van der Waals surface area contributed by atoms with Crippen molar-refractivity contribution in [2.45, 2.75) is 19.2 Å². The van der Waals surface area contributed by atoms with E-state index in [-0.39, 0.29) is 0 Å². The van der Waals surface area contributed by atoms with Gasteiger partial charge in [-0.3, -0.25) is 0 Å². The largest absolute Gasteiger partial charge is 0.490 e. The SMILES string of the molecule is CC(C)COCCOc1c(Br)cccc1CBr. The van der Waals surface area contributed by atoms with Crippen LogP contribution in [0.4, 0.5) is 0 Å². The zero-order chi connectivity index (χ0) is 12.7. The maximum atomic E-state index is 5.74. The van der Waals surface area contributed by atoms with E-state index in [2.05, 4.69) is 45.7 Å². The van der Waals surface area contributed by atoms with E-state index in [0.717, 1.165) is 27.7 Å². The summed E-state index contributed by atoms with van der Waals surface area (Å²) in [4.78, 5) is 0. The van der Waals surface area contributed by atoms with Crippen molar-refractivity contribution in [2.75, 3.05) is 19.8 Å². The molecule has 96 valence electrons. The topological polar surface area (TPSA) is 18.5 Å². The van der Waals surface area contributed by atoms with Gasteiger partial charge in [0.05, 0.1) is 11.1 Å². The summed E-state index contributed by atoms with van der Waals surface area (Å²) in [7, 11) is 0. The van der Waals surface area contributed by atoms with Crippen LogP contribution in [0.25, 0.3) is 0 Å². The van der Waals surface area contributed by atoms with E-state index >= 15 is 0 Å². The molecular weight excluding hydrogens is 348 g/mol. The first kappa shape index (κ1) is 15.0. The van der Waals surface area contributed by atoms with Gasteiger partial charge in [0.25, 0.3) is 0 Å². The van der Waals surface area contributed by atoms with Crippen LogP contribution in [0.3, 0.4) is 0 Å². The third-order valence-electron chi connectivity index (χ3n) is 2.12. The molecule has 4 heteroatoms. The van der Waals surface area contributed by atoms with Gasteiger partial charge in [-0.15, -0.1) is 0 Å². The fourth-order valence-electron chi connectivity index (χ4n) is 1.34. The number of hydrogen-bond donors (Lipinski definition) is 0. The van der Waals surface area contributed by atoms with E-state index in [1.54, 1.807) is 0 Å². The molecule has 0 spiro atoms. The minimum absolute atomic E-state index is 0.566. The summed E-state index contributed by atoms with van der Waals surface area (Å²) in [6, 6.07) is 6.03. The first-order valence-electron chi connectivity index (χ1n) is 5.69. The molecule has 0 bridgehead atoms. The molecule has 0 heterocycles. The molecule has 0 N–H and O–H groups in total. The van der Waals surface area contributed by atoms with E-state index in [0.29, 0.717) is 19.1 Å².